The number of hydrogen-bond donors (Lipinski definition) is 0. The van der Waals surface area contributed by atoms with Crippen molar-refractivity contribution in [2.24, 2.45) is 0 Å². The molecule has 0 N–H and O–H groups in total. The molecule has 2 aliphatic rings. The van der Waals surface area contributed by atoms with Crippen molar-refractivity contribution in [1.29, 1.82) is 0 Å². The van der Waals surface area contributed by atoms with Crippen molar-refractivity contribution in [1.82, 2.24) is 0 Å². The maximum atomic E-state index is 8.19. The third kappa shape index (κ3) is 6.27. The fraction of sp³-hybridized carbons (Fsp3) is 0.538. The maximum Gasteiger partial charge on any atom is 0.359 e. The van der Waals surface area contributed by atoms with Crippen molar-refractivity contribution in [3.8, 4) is 11.1 Å². The van der Waals surface area contributed by atoms with E-state index >= 15 is 0 Å². The van der Waals surface area contributed by atoms with Gasteiger partial charge in [-0.15, -0.1) is 5.46 Å². The topological polar surface area (TPSA) is 0 Å². The van der Waals surface area contributed by atoms with Crippen LogP contribution in [0.4, 0.5) is 0 Å². The highest BCUT2D eigenvalue weighted by Gasteiger charge is 2.62. The van der Waals surface area contributed by atoms with Crippen molar-refractivity contribution < 1.29 is 0 Å². The van der Waals surface area contributed by atoms with E-state index in [1.54, 1.807) is 0 Å². The smallest absolute Gasteiger partial charge is 0.313 e. The van der Waals surface area contributed by atoms with E-state index < -0.39 is 11.8 Å². The molecule has 4 heteroatoms. The van der Waals surface area contributed by atoms with Gasteiger partial charge in [-0.1, -0.05) is 122 Å². The quantitative estimate of drug-likeness (QED) is 0.162. The first-order valence-corrected chi connectivity index (χ1v) is 20.2. The molecule has 0 aromatic heterocycles. The fourth-order valence-corrected chi connectivity index (χ4v) is 18.3. The Morgan fingerprint density at radius 2 is 1.07 bits per heavy atom. The van der Waals surface area contributed by atoms with Gasteiger partial charge in [-0.2, -0.15) is 0 Å². The van der Waals surface area contributed by atoms with Crippen LogP contribution >= 0.6 is 30.1 Å². The minimum atomic E-state index is -2.17. The van der Waals surface area contributed by atoms with Crippen LogP contribution in [0.3, 0.4) is 0 Å². The second-order valence-corrected chi connectivity index (χ2v) is 21.0. The summed E-state index contributed by atoms with van der Waals surface area (Å²) in [6.07, 6.45) is 12.9. The molecular formula is C39H54BCl2P. The van der Waals surface area contributed by atoms with Crippen LogP contribution < -0.4 is 10.8 Å². The molecule has 2 aliphatic carbocycles. The second-order valence-electron chi connectivity index (χ2n) is 14.5. The summed E-state index contributed by atoms with van der Waals surface area (Å²) in [7, 11) is -2.17. The van der Waals surface area contributed by atoms with E-state index in [-0.39, 0.29) is 0 Å². The SMILES string of the molecule is CC(C)c1cc(C(C)C)c(-c2ccccc2[P+](C2CCCCC2)(C2CCCCC2)[B-](Cl)(Cl)c2ccccc2)c(C(C)C)c1. The average Bonchev–Trinajstić information content (AvgIpc) is 3.02. The van der Waals surface area contributed by atoms with Crippen molar-refractivity contribution >= 4 is 45.5 Å². The zero-order valence-electron chi connectivity index (χ0n) is 27.6. The first kappa shape index (κ1) is 33.1. The largest absolute Gasteiger partial charge is 0.359 e. The van der Waals surface area contributed by atoms with Gasteiger partial charge in [0.05, 0.1) is 5.30 Å². The molecule has 0 spiro atoms. The Kier molecular flexibility index (Phi) is 10.8. The van der Waals surface area contributed by atoms with E-state index in [4.69, 9.17) is 22.9 Å². The molecule has 0 amide bonds. The Balaban J connectivity index is 1.90. The lowest BCUT2D eigenvalue weighted by atomic mass is 9.82. The summed E-state index contributed by atoms with van der Waals surface area (Å²) in [5.41, 5.74) is 9.61. The molecule has 3 aromatic carbocycles. The number of benzene rings is 3. The van der Waals surface area contributed by atoms with Crippen LogP contribution in [0.1, 0.15) is 140 Å². The Morgan fingerprint density at radius 3 is 1.53 bits per heavy atom. The Labute approximate surface area is 273 Å². The highest BCUT2D eigenvalue weighted by Crippen LogP contribution is 2.79. The minimum Gasteiger partial charge on any atom is -0.313 e. The van der Waals surface area contributed by atoms with Crippen molar-refractivity contribution in [2.75, 3.05) is 0 Å². The summed E-state index contributed by atoms with van der Waals surface area (Å²) in [4.78, 5) is 0. The van der Waals surface area contributed by atoms with Crippen LogP contribution in [0.2, 0.25) is 0 Å². The molecule has 2 saturated carbocycles. The molecule has 0 aliphatic heterocycles. The molecule has 0 unspecified atom stereocenters. The van der Waals surface area contributed by atoms with Crippen molar-refractivity contribution in [2.45, 2.75) is 135 Å². The molecular weight excluding hydrogens is 581 g/mol. The van der Waals surface area contributed by atoms with E-state index in [1.165, 1.54) is 97.3 Å². The summed E-state index contributed by atoms with van der Waals surface area (Å²) in [6.45, 7) is 14.2. The first-order valence-electron chi connectivity index (χ1n) is 17.3. The van der Waals surface area contributed by atoms with Gasteiger partial charge >= 0.3 is 4.70 Å². The lowest BCUT2D eigenvalue weighted by Gasteiger charge is -2.55. The molecule has 0 nitrogen and oxygen atoms in total. The number of rotatable bonds is 9. The Morgan fingerprint density at radius 1 is 0.605 bits per heavy atom. The standard InChI is InChI=1S/C39H54BCl2P/c1-28(2)31-26-36(29(3)4)39(37(27-31)30(5)6)35-24-16-17-25-38(35)43(33-20-12-8-13-21-33,34-22-14-9-15-23-34)40(41,42)32-18-10-7-11-19-32/h7,10-11,16-19,24-30,33-34H,8-9,12-15,20-23H2,1-6H3. The third-order valence-corrected chi connectivity index (χ3v) is 19.3. The monoisotopic (exact) mass is 634 g/mol. The van der Waals surface area contributed by atoms with Gasteiger partial charge < -0.3 is 22.9 Å². The normalized spacial score (nSPS) is 17.7. The molecule has 2 fully saturated rings. The fourth-order valence-electron chi connectivity index (χ4n) is 8.63. The van der Waals surface area contributed by atoms with Gasteiger partial charge in [0.25, 0.3) is 0 Å². The van der Waals surface area contributed by atoms with Crippen LogP contribution in [0.15, 0.2) is 66.7 Å². The molecule has 0 heterocycles. The zero-order valence-corrected chi connectivity index (χ0v) is 30.0. The highest BCUT2D eigenvalue weighted by atomic mass is 35.5. The van der Waals surface area contributed by atoms with Crippen LogP contribution in [0.25, 0.3) is 11.1 Å². The number of halogens is 2. The molecule has 0 bridgehead atoms. The van der Waals surface area contributed by atoms with Crippen LogP contribution in [0.5, 0.6) is 0 Å². The molecule has 43 heavy (non-hydrogen) atoms. The van der Waals surface area contributed by atoms with Gasteiger partial charge in [0.15, 0.2) is 0 Å². The van der Waals surface area contributed by atoms with E-state index in [9.17, 15) is 0 Å². The van der Waals surface area contributed by atoms with E-state index in [0.29, 0.717) is 29.1 Å². The van der Waals surface area contributed by atoms with Crippen LogP contribution in [-0.2, 0) is 0 Å². The molecule has 0 radical (unpaired) electrons. The lowest BCUT2D eigenvalue weighted by molar-refractivity contribution is 0.484. The molecule has 3 aromatic rings. The second kappa shape index (κ2) is 14.0. The minimum absolute atomic E-state index is 0.424. The summed E-state index contributed by atoms with van der Waals surface area (Å²) in [6, 6.07) is 25.4. The summed E-state index contributed by atoms with van der Waals surface area (Å²) < 4.78 is -1.87. The van der Waals surface area contributed by atoms with E-state index in [0.717, 1.165) is 5.46 Å². The van der Waals surface area contributed by atoms with Crippen molar-refractivity contribution in [3.05, 3.63) is 83.4 Å². The summed E-state index contributed by atoms with van der Waals surface area (Å²) in [5.74, 6) is 1.34. The maximum absolute atomic E-state index is 8.19. The van der Waals surface area contributed by atoms with Gasteiger partial charge in [-0.3, -0.25) is 0 Å². The van der Waals surface area contributed by atoms with Gasteiger partial charge in [-0.25, -0.2) is 0 Å². The van der Waals surface area contributed by atoms with Gasteiger partial charge in [0.1, 0.15) is 0 Å². The molecule has 5 rings (SSSR count). The average molecular weight is 636 g/mol. The summed E-state index contributed by atoms with van der Waals surface area (Å²) in [5, 5.41) is 1.53. The molecule has 0 saturated heterocycles. The Bertz CT molecular complexity index is 1300. The first-order chi connectivity index (χ1) is 20.6. The predicted molar refractivity (Wildman–Crippen MR) is 198 cm³/mol. The van der Waals surface area contributed by atoms with E-state index in [2.05, 4.69) is 108 Å². The lowest BCUT2D eigenvalue weighted by Crippen LogP contribution is -2.52. The van der Waals surface area contributed by atoms with Crippen LogP contribution in [0, 0.1) is 0 Å². The Hall–Kier alpha value is -1.27. The number of hydrogen-bond acceptors (Lipinski definition) is 0. The third-order valence-electron chi connectivity index (χ3n) is 10.8. The summed E-state index contributed by atoms with van der Waals surface area (Å²) >= 11 is 16.4. The molecule has 0 atom stereocenters. The van der Waals surface area contributed by atoms with Crippen molar-refractivity contribution in [3.63, 3.8) is 0 Å². The highest BCUT2D eigenvalue weighted by molar-refractivity contribution is 8.27. The van der Waals surface area contributed by atoms with E-state index in [1.807, 2.05) is 0 Å². The van der Waals surface area contributed by atoms with Gasteiger partial charge in [0, 0.05) is 16.9 Å². The predicted octanol–water partition coefficient (Wildman–Crippen LogP) is 12.4. The van der Waals surface area contributed by atoms with Crippen LogP contribution in [-0.4, -0.2) is 16.0 Å². The van der Waals surface area contributed by atoms with Gasteiger partial charge in [-0.05, 0) is 97.4 Å². The van der Waals surface area contributed by atoms with Gasteiger partial charge in [0.2, 0.25) is 0 Å². The molecule has 232 valence electrons. The zero-order chi connectivity index (χ0) is 30.8.